The Kier molecular flexibility index (Phi) is 8.15. The Balaban J connectivity index is 0.000000735. The summed E-state index contributed by atoms with van der Waals surface area (Å²) < 4.78 is 14.2. The molecule has 5 nitrogen and oxygen atoms in total. The highest BCUT2D eigenvalue weighted by molar-refractivity contribution is 7.15. The molecule has 0 amide bonds. The van der Waals surface area contributed by atoms with Crippen LogP contribution in [0.3, 0.4) is 0 Å². The number of nitrogens with two attached hydrogens (primary N) is 1. The lowest BCUT2D eigenvalue weighted by Gasteiger charge is -2.13. The summed E-state index contributed by atoms with van der Waals surface area (Å²) in [6.45, 7) is 10.6. The molecule has 0 aliphatic heterocycles. The van der Waals surface area contributed by atoms with E-state index in [9.17, 15) is 4.39 Å². The molecule has 30 heavy (non-hydrogen) atoms. The number of unbranched alkanes of at least 4 members (excludes halogenated alkanes) is 1. The monoisotopic (exact) mass is 449 g/mol. The number of nitrogens with zero attached hydrogens (tertiary/aromatic N) is 3. The van der Waals surface area contributed by atoms with E-state index in [2.05, 4.69) is 49.9 Å². The highest BCUT2D eigenvalue weighted by Crippen LogP contribution is 2.44. The first kappa shape index (κ1) is 24.0. The van der Waals surface area contributed by atoms with E-state index in [1.165, 1.54) is 36.3 Å². The topological polar surface area (TPSA) is 76.7 Å². The first-order chi connectivity index (χ1) is 14.1. The van der Waals surface area contributed by atoms with E-state index in [0.29, 0.717) is 27.7 Å². The predicted molar refractivity (Wildman–Crippen MR) is 127 cm³/mol. The third-order valence-corrected chi connectivity index (χ3v) is 6.15. The van der Waals surface area contributed by atoms with Gasteiger partial charge in [0.05, 0.1) is 32.0 Å². The Morgan fingerprint density at radius 3 is 2.37 bits per heavy atom. The van der Waals surface area contributed by atoms with E-state index in [0.717, 1.165) is 9.88 Å². The molecule has 0 spiro atoms. The van der Waals surface area contributed by atoms with Crippen molar-refractivity contribution in [2.75, 3.05) is 18.1 Å². The summed E-state index contributed by atoms with van der Waals surface area (Å²) in [5.41, 5.74) is 7.79. The van der Waals surface area contributed by atoms with Gasteiger partial charge in [-0.25, -0.2) is 19.3 Å². The first-order valence-electron chi connectivity index (χ1n) is 9.89. The molecule has 3 N–H and O–H groups in total. The highest BCUT2D eigenvalue weighted by atomic mass is 35.5. The molecular formula is C22H29ClFN5S. The zero-order chi connectivity index (χ0) is 22.5. The fourth-order valence-corrected chi connectivity index (χ4v) is 3.84. The summed E-state index contributed by atoms with van der Waals surface area (Å²) in [5.74, 6) is -0.229. The molecule has 0 atom stereocenters. The van der Waals surface area contributed by atoms with E-state index in [-0.39, 0.29) is 11.4 Å². The van der Waals surface area contributed by atoms with Gasteiger partial charge in [-0.05, 0) is 18.2 Å². The SMILES string of the molecule is CCCC.CNc1cc(F)cc(-c2nc(C(C)(C)C)sc2-c2ccnc(N)n2)c1Cl. The lowest BCUT2D eigenvalue weighted by molar-refractivity contribution is 0.586. The molecule has 3 aromatic rings. The van der Waals surface area contributed by atoms with E-state index in [4.69, 9.17) is 22.3 Å². The number of hydrogen-bond donors (Lipinski definition) is 2. The lowest BCUT2D eigenvalue weighted by Crippen LogP contribution is -2.10. The van der Waals surface area contributed by atoms with Gasteiger partial charge >= 0.3 is 0 Å². The van der Waals surface area contributed by atoms with Crippen molar-refractivity contribution in [3.8, 4) is 21.8 Å². The van der Waals surface area contributed by atoms with Crippen molar-refractivity contribution in [3.05, 3.63) is 40.2 Å². The Morgan fingerprint density at radius 1 is 1.17 bits per heavy atom. The van der Waals surface area contributed by atoms with Crippen LogP contribution in [0, 0.1) is 5.82 Å². The zero-order valence-electron chi connectivity index (χ0n) is 18.3. The maximum Gasteiger partial charge on any atom is 0.220 e. The van der Waals surface area contributed by atoms with E-state index < -0.39 is 5.82 Å². The van der Waals surface area contributed by atoms with Gasteiger partial charge in [-0.2, -0.15) is 0 Å². The average molecular weight is 450 g/mol. The Hall–Kier alpha value is -2.25. The lowest BCUT2D eigenvalue weighted by atomic mass is 9.98. The van der Waals surface area contributed by atoms with Gasteiger partial charge in [-0.15, -0.1) is 11.3 Å². The zero-order valence-corrected chi connectivity index (χ0v) is 19.9. The van der Waals surface area contributed by atoms with Crippen LogP contribution in [-0.2, 0) is 5.41 Å². The molecule has 0 unspecified atom stereocenters. The van der Waals surface area contributed by atoms with Crippen LogP contribution in [0.25, 0.3) is 21.8 Å². The summed E-state index contributed by atoms with van der Waals surface area (Å²) in [5, 5.41) is 4.21. The molecule has 0 aliphatic carbocycles. The van der Waals surface area contributed by atoms with Gasteiger partial charge in [-0.1, -0.05) is 59.1 Å². The highest BCUT2D eigenvalue weighted by Gasteiger charge is 2.25. The third-order valence-electron chi connectivity index (χ3n) is 4.24. The number of benzene rings is 1. The molecule has 8 heteroatoms. The van der Waals surface area contributed by atoms with E-state index >= 15 is 0 Å². The first-order valence-corrected chi connectivity index (χ1v) is 11.1. The van der Waals surface area contributed by atoms with E-state index in [1.807, 2.05) is 0 Å². The van der Waals surface area contributed by atoms with Crippen LogP contribution in [0.1, 0.15) is 52.5 Å². The molecule has 162 valence electrons. The molecular weight excluding hydrogens is 421 g/mol. The van der Waals surface area contributed by atoms with Crippen LogP contribution in [-0.4, -0.2) is 22.0 Å². The maximum absolute atomic E-state index is 14.2. The van der Waals surface area contributed by atoms with Crippen molar-refractivity contribution in [3.63, 3.8) is 0 Å². The second kappa shape index (κ2) is 10.2. The summed E-state index contributed by atoms with van der Waals surface area (Å²) in [4.78, 5) is 13.8. The minimum absolute atomic E-state index is 0.167. The van der Waals surface area contributed by atoms with Gasteiger partial charge in [0.25, 0.3) is 0 Å². The number of hydrogen-bond acceptors (Lipinski definition) is 6. The number of thiazole rings is 1. The van der Waals surface area contributed by atoms with Crippen molar-refractivity contribution in [2.24, 2.45) is 0 Å². The quantitative estimate of drug-likeness (QED) is 0.458. The number of halogens is 2. The summed E-state index contributed by atoms with van der Waals surface area (Å²) >= 11 is 8.00. The van der Waals surface area contributed by atoms with Gasteiger partial charge in [-0.3, -0.25) is 0 Å². The van der Waals surface area contributed by atoms with Crippen molar-refractivity contribution in [1.82, 2.24) is 15.0 Å². The molecule has 0 saturated carbocycles. The van der Waals surface area contributed by atoms with Crippen LogP contribution in [0.15, 0.2) is 24.4 Å². The fraction of sp³-hybridized carbons (Fsp3) is 0.409. The van der Waals surface area contributed by atoms with Gasteiger partial charge in [0.1, 0.15) is 5.82 Å². The second-order valence-electron chi connectivity index (χ2n) is 7.81. The molecule has 0 bridgehead atoms. The van der Waals surface area contributed by atoms with Gasteiger partial charge in [0.15, 0.2) is 0 Å². The van der Waals surface area contributed by atoms with Crippen molar-refractivity contribution in [1.29, 1.82) is 0 Å². The fourth-order valence-electron chi connectivity index (χ4n) is 2.44. The normalized spacial score (nSPS) is 11.1. The van der Waals surface area contributed by atoms with Crippen molar-refractivity contribution < 1.29 is 4.39 Å². The molecule has 2 aromatic heterocycles. The predicted octanol–water partition coefficient (Wildman–Crippen LogP) is 6.79. The number of anilines is 2. The Labute approximate surface area is 186 Å². The molecule has 2 heterocycles. The largest absolute Gasteiger partial charge is 0.387 e. The number of nitrogens with one attached hydrogen (secondary N) is 1. The standard InChI is InChI=1S/C18H19ClFN5S.C4H10/c1-18(2,3)16-25-14(10-7-9(20)8-12(22-4)13(10)19)15(26-16)11-5-6-23-17(21)24-11;1-3-4-2/h5-8,22H,1-4H3,(H2,21,23,24);3-4H2,1-2H3. The number of aromatic nitrogens is 3. The van der Waals surface area contributed by atoms with Crippen molar-refractivity contribution >= 4 is 34.6 Å². The van der Waals surface area contributed by atoms with Crippen LogP contribution < -0.4 is 11.1 Å². The molecule has 0 saturated heterocycles. The minimum atomic E-state index is -0.396. The van der Waals surface area contributed by atoms with Crippen LogP contribution in [0.2, 0.25) is 5.02 Å². The molecule has 0 fully saturated rings. The van der Waals surface area contributed by atoms with Gasteiger partial charge < -0.3 is 11.1 Å². The average Bonchev–Trinajstić information content (AvgIpc) is 3.15. The third kappa shape index (κ3) is 5.67. The molecule has 1 aromatic carbocycles. The smallest absolute Gasteiger partial charge is 0.220 e. The van der Waals surface area contributed by atoms with Crippen molar-refractivity contribution in [2.45, 2.75) is 52.9 Å². The summed E-state index contributed by atoms with van der Waals surface area (Å²) in [6, 6.07) is 4.50. The number of rotatable bonds is 4. The van der Waals surface area contributed by atoms with Gasteiger partial charge in [0.2, 0.25) is 5.95 Å². The molecule has 3 rings (SSSR count). The van der Waals surface area contributed by atoms with E-state index in [1.54, 1.807) is 19.3 Å². The molecule has 0 aliphatic rings. The maximum atomic E-state index is 14.2. The summed E-state index contributed by atoms with van der Waals surface area (Å²) in [7, 11) is 1.69. The molecule has 0 radical (unpaired) electrons. The Bertz CT molecular complexity index is 996. The number of nitrogen functional groups attached to an aromatic ring is 1. The minimum Gasteiger partial charge on any atom is -0.387 e. The van der Waals surface area contributed by atoms with Crippen LogP contribution in [0.5, 0.6) is 0 Å². The van der Waals surface area contributed by atoms with Crippen LogP contribution >= 0.6 is 22.9 Å². The second-order valence-corrected chi connectivity index (χ2v) is 9.19. The Morgan fingerprint density at radius 2 is 1.83 bits per heavy atom. The van der Waals surface area contributed by atoms with Crippen LogP contribution in [0.4, 0.5) is 16.0 Å². The summed E-state index contributed by atoms with van der Waals surface area (Å²) in [6.07, 6.45) is 4.23. The van der Waals surface area contributed by atoms with Gasteiger partial charge in [0, 0.05) is 24.2 Å².